The number of carbonyl (C=O) groups excluding carboxylic acids is 2. The first kappa shape index (κ1) is 31.4. The molecular formula is C31H34ClF2N3O4S. The molecule has 0 aliphatic heterocycles. The quantitative estimate of drug-likeness (QED) is 0.309. The number of hydrogen-bond acceptors (Lipinski definition) is 4. The topological polar surface area (TPSA) is 86.8 Å². The minimum Gasteiger partial charge on any atom is -0.352 e. The molecule has 1 saturated carbocycles. The molecule has 1 N–H and O–H groups in total. The first-order valence-corrected chi connectivity index (χ1v) is 16.0. The molecule has 0 radical (unpaired) electrons. The number of anilines is 1. The molecular weight excluding hydrogens is 584 g/mol. The van der Waals surface area contributed by atoms with Crippen molar-refractivity contribution in [2.75, 3.05) is 17.1 Å². The number of rotatable bonds is 11. The summed E-state index contributed by atoms with van der Waals surface area (Å²) in [6, 6.07) is 17.7. The average Bonchev–Trinajstić information content (AvgIpc) is 2.95. The maximum Gasteiger partial charge on any atom is 0.244 e. The molecule has 2 amide bonds. The number of carbonyl (C=O) groups is 2. The molecule has 3 aromatic rings. The van der Waals surface area contributed by atoms with Gasteiger partial charge in [0, 0.05) is 30.1 Å². The Bertz CT molecular complexity index is 1500. The van der Waals surface area contributed by atoms with Crippen molar-refractivity contribution in [3.8, 4) is 0 Å². The lowest BCUT2D eigenvalue weighted by atomic mass is 9.94. The van der Waals surface area contributed by atoms with Crippen LogP contribution in [0.4, 0.5) is 14.5 Å². The van der Waals surface area contributed by atoms with Gasteiger partial charge in [-0.15, -0.1) is 0 Å². The summed E-state index contributed by atoms with van der Waals surface area (Å²) >= 11 is 6.22. The number of sulfonamides is 1. The molecule has 224 valence electrons. The lowest BCUT2D eigenvalue weighted by Gasteiger charge is -2.35. The van der Waals surface area contributed by atoms with Crippen LogP contribution in [0.5, 0.6) is 0 Å². The second kappa shape index (κ2) is 14.1. The number of amides is 2. The van der Waals surface area contributed by atoms with Gasteiger partial charge < -0.3 is 10.2 Å². The third-order valence-corrected chi connectivity index (χ3v) is 8.71. The van der Waals surface area contributed by atoms with E-state index in [9.17, 15) is 26.8 Å². The fourth-order valence-corrected chi connectivity index (χ4v) is 6.24. The van der Waals surface area contributed by atoms with Crippen molar-refractivity contribution in [2.45, 2.75) is 57.2 Å². The molecule has 3 aromatic carbocycles. The maximum atomic E-state index is 14.1. The summed E-state index contributed by atoms with van der Waals surface area (Å²) in [7, 11) is -4.11. The smallest absolute Gasteiger partial charge is 0.244 e. The minimum absolute atomic E-state index is 0.0256. The minimum atomic E-state index is -4.11. The molecule has 0 unspecified atom stereocenters. The first-order chi connectivity index (χ1) is 20.0. The van der Waals surface area contributed by atoms with E-state index in [-0.39, 0.29) is 30.6 Å². The van der Waals surface area contributed by atoms with Crippen molar-refractivity contribution in [1.29, 1.82) is 0 Å². The lowest BCUT2D eigenvalue weighted by molar-refractivity contribution is -0.140. The van der Waals surface area contributed by atoms with Crippen molar-refractivity contribution in [2.24, 2.45) is 0 Å². The predicted octanol–water partition coefficient (Wildman–Crippen LogP) is 5.47. The Morgan fingerprint density at radius 1 is 0.929 bits per heavy atom. The number of benzene rings is 3. The average molecular weight is 618 g/mol. The number of nitrogens with one attached hydrogen (secondary N) is 1. The summed E-state index contributed by atoms with van der Waals surface area (Å²) in [5.74, 6) is -3.44. The molecule has 0 saturated heterocycles. The summed E-state index contributed by atoms with van der Waals surface area (Å²) in [4.78, 5) is 29.3. The van der Waals surface area contributed by atoms with Crippen LogP contribution in [0.15, 0.2) is 72.8 Å². The molecule has 1 fully saturated rings. The van der Waals surface area contributed by atoms with Crippen LogP contribution in [0, 0.1) is 11.6 Å². The summed E-state index contributed by atoms with van der Waals surface area (Å²) in [6.45, 7) is -0.767. The summed E-state index contributed by atoms with van der Waals surface area (Å²) in [6.07, 6.45) is 5.82. The fourth-order valence-electron chi connectivity index (χ4n) is 5.18. The third-order valence-electron chi connectivity index (χ3n) is 7.33. The van der Waals surface area contributed by atoms with E-state index in [2.05, 4.69) is 5.32 Å². The standard InChI is InChI=1S/C31H34ClF2N3O4S/c1-42(40,41)37(26-15-16-27(33)28(34)19-26)21-30(38)36(20-23-11-8-12-24(32)17-23)29(18-22-9-4-2-5-10-22)31(39)35-25-13-6-3-7-14-25/h2,4-5,8-12,15-17,19,25,29H,3,6-7,13-14,18,20-21H2,1H3,(H,35,39)/t29-/m0/s1. The first-order valence-electron chi connectivity index (χ1n) is 13.8. The van der Waals surface area contributed by atoms with Crippen LogP contribution in [-0.4, -0.2) is 50.0 Å². The van der Waals surface area contributed by atoms with Crippen LogP contribution in [0.25, 0.3) is 0 Å². The van der Waals surface area contributed by atoms with E-state index in [4.69, 9.17) is 11.6 Å². The van der Waals surface area contributed by atoms with Gasteiger partial charge in [-0.2, -0.15) is 0 Å². The van der Waals surface area contributed by atoms with Crippen molar-refractivity contribution < 1.29 is 26.8 Å². The van der Waals surface area contributed by atoms with Gasteiger partial charge in [0.15, 0.2) is 11.6 Å². The van der Waals surface area contributed by atoms with E-state index in [1.165, 1.54) is 4.90 Å². The number of halogens is 3. The van der Waals surface area contributed by atoms with Crippen LogP contribution in [0.1, 0.15) is 43.2 Å². The van der Waals surface area contributed by atoms with Gasteiger partial charge in [0.25, 0.3) is 0 Å². The maximum absolute atomic E-state index is 14.1. The molecule has 0 aromatic heterocycles. The fraction of sp³-hybridized carbons (Fsp3) is 0.355. The largest absolute Gasteiger partial charge is 0.352 e. The predicted molar refractivity (Wildman–Crippen MR) is 159 cm³/mol. The van der Waals surface area contributed by atoms with E-state index in [0.717, 1.165) is 62.1 Å². The van der Waals surface area contributed by atoms with Gasteiger partial charge in [-0.3, -0.25) is 13.9 Å². The Morgan fingerprint density at radius 2 is 1.62 bits per heavy atom. The van der Waals surface area contributed by atoms with Crippen LogP contribution in [0.2, 0.25) is 5.02 Å². The number of nitrogens with zero attached hydrogens (tertiary/aromatic N) is 2. The SMILES string of the molecule is CS(=O)(=O)N(CC(=O)N(Cc1cccc(Cl)c1)[C@@H](Cc1ccccc1)C(=O)NC1CCCCC1)c1ccc(F)c(F)c1. The second-order valence-corrected chi connectivity index (χ2v) is 12.9. The third kappa shape index (κ3) is 8.51. The highest BCUT2D eigenvalue weighted by atomic mass is 35.5. The van der Waals surface area contributed by atoms with Crippen molar-refractivity contribution in [3.05, 3.63) is 101 Å². The molecule has 7 nitrogen and oxygen atoms in total. The highest BCUT2D eigenvalue weighted by molar-refractivity contribution is 7.92. The summed E-state index contributed by atoms with van der Waals surface area (Å²) in [5, 5.41) is 3.55. The highest BCUT2D eigenvalue weighted by Gasteiger charge is 2.34. The highest BCUT2D eigenvalue weighted by Crippen LogP contribution is 2.24. The molecule has 0 heterocycles. The molecule has 42 heavy (non-hydrogen) atoms. The van der Waals surface area contributed by atoms with E-state index in [1.807, 2.05) is 30.3 Å². The second-order valence-electron chi connectivity index (χ2n) is 10.6. The molecule has 1 atom stereocenters. The van der Waals surface area contributed by atoms with Gasteiger partial charge in [-0.05, 0) is 48.2 Å². The molecule has 0 bridgehead atoms. The van der Waals surface area contributed by atoms with Crippen LogP contribution in [0.3, 0.4) is 0 Å². The lowest BCUT2D eigenvalue weighted by Crippen LogP contribution is -2.55. The Labute approximate surface area is 250 Å². The molecule has 1 aliphatic carbocycles. The van der Waals surface area contributed by atoms with Gasteiger partial charge in [-0.1, -0.05) is 73.3 Å². The monoisotopic (exact) mass is 617 g/mol. The van der Waals surface area contributed by atoms with Gasteiger partial charge in [0.05, 0.1) is 11.9 Å². The zero-order valence-corrected chi connectivity index (χ0v) is 24.9. The van der Waals surface area contributed by atoms with Crippen molar-refractivity contribution in [1.82, 2.24) is 10.2 Å². The molecule has 11 heteroatoms. The van der Waals surface area contributed by atoms with Gasteiger partial charge >= 0.3 is 0 Å². The van der Waals surface area contributed by atoms with Gasteiger partial charge in [0.1, 0.15) is 12.6 Å². The zero-order chi connectivity index (χ0) is 30.3. The van der Waals surface area contributed by atoms with Gasteiger partial charge in [-0.25, -0.2) is 17.2 Å². The Hall–Kier alpha value is -3.50. The van der Waals surface area contributed by atoms with Crippen LogP contribution >= 0.6 is 11.6 Å². The van der Waals surface area contributed by atoms with E-state index in [0.29, 0.717) is 14.9 Å². The summed E-state index contributed by atoms with van der Waals surface area (Å²) in [5.41, 5.74) is 1.24. The van der Waals surface area contributed by atoms with Gasteiger partial charge in [0.2, 0.25) is 21.8 Å². The van der Waals surface area contributed by atoms with E-state index >= 15 is 0 Å². The van der Waals surface area contributed by atoms with E-state index in [1.54, 1.807) is 24.3 Å². The molecule has 1 aliphatic rings. The Balaban J connectivity index is 1.73. The normalized spacial score (nSPS) is 14.7. The Kier molecular flexibility index (Phi) is 10.6. The Morgan fingerprint density at radius 3 is 2.26 bits per heavy atom. The summed E-state index contributed by atoms with van der Waals surface area (Å²) < 4.78 is 54.0. The van der Waals surface area contributed by atoms with Crippen LogP contribution < -0.4 is 9.62 Å². The van der Waals surface area contributed by atoms with Crippen molar-refractivity contribution >= 4 is 39.1 Å². The van der Waals surface area contributed by atoms with E-state index < -0.39 is 40.2 Å². The van der Waals surface area contributed by atoms with Crippen LogP contribution in [-0.2, 0) is 32.6 Å². The zero-order valence-electron chi connectivity index (χ0n) is 23.3. The molecule has 0 spiro atoms. The molecule has 4 rings (SSSR count). The number of hydrogen-bond donors (Lipinski definition) is 1. The van der Waals surface area contributed by atoms with Crippen molar-refractivity contribution in [3.63, 3.8) is 0 Å².